The second-order valence-corrected chi connectivity index (χ2v) is 7.06. The van der Waals surface area contributed by atoms with Gasteiger partial charge in [0.2, 0.25) is 0 Å². The van der Waals surface area contributed by atoms with Crippen molar-refractivity contribution < 1.29 is 9.53 Å². The molecule has 1 aliphatic rings. The average molecular weight is 387 g/mol. The topological polar surface area (TPSA) is 83.1 Å². The van der Waals surface area contributed by atoms with E-state index in [1.165, 1.54) is 0 Å². The van der Waals surface area contributed by atoms with Gasteiger partial charge in [-0.15, -0.1) is 0 Å². The quantitative estimate of drug-likeness (QED) is 0.511. The number of carbonyl (C=O) groups excluding carboxylic acids is 1. The molecule has 4 aromatic rings. The van der Waals surface area contributed by atoms with E-state index in [1.54, 1.807) is 6.33 Å². The van der Waals surface area contributed by atoms with Crippen LogP contribution in [0.3, 0.4) is 0 Å². The number of aromatic nitrogens is 3. The molecule has 3 heterocycles. The third kappa shape index (κ3) is 3.30. The molecule has 146 valence electrons. The van der Waals surface area contributed by atoms with Crippen LogP contribution in [0.4, 0.5) is 17.2 Å². The van der Waals surface area contributed by atoms with Crippen LogP contribution in [0.2, 0.25) is 0 Å². The van der Waals surface area contributed by atoms with Crippen molar-refractivity contribution in [3.8, 4) is 0 Å². The smallest absolute Gasteiger partial charge is 0.144 e. The van der Waals surface area contributed by atoms with Gasteiger partial charge in [0.15, 0.2) is 0 Å². The maximum atomic E-state index is 11.0. The first-order chi connectivity index (χ1) is 14.3. The lowest BCUT2D eigenvalue weighted by molar-refractivity contribution is -0.107. The van der Waals surface area contributed by atoms with Crippen LogP contribution >= 0.6 is 0 Å². The summed E-state index contributed by atoms with van der Waals surface area (Å²) in [6.07, 6.45) is 2.87. The molecule has 7 nitrogen and oxygen atoms in total. The Balaban J connectivity index is 1.62. The zero-order chi connectivity index (χ0) is 19.6. The highest BCUT2D eigenvalue weighted by molar-refractivity contribution is 6.11. The Kier molecular flexibility index (Phi) is 4.57. The van der Waals surface area contributed by atoms with E-state index in [0.717, 1.165) is 64.1 Å². The Labute approximate surface area is 167 Å². The number of nitrogens with zero attached hydrogens (tertiary/aromatic N) is 3. The van der Waals surface area contributed by atoms with E-state index < -0.39 is 0 Å². The molecule has 1 aliphatic heterocycles. The average Bonchev–Trinajstić information content (AvgIpc) is 3.14. The van der Waals surface area contributed by atoms with Crippen LogP contribution < -0.4 is 10.2 Å². The van der Waals surface area contributed by atoms with Crippen LogP contribution in [0.25, 0.3) is 21.9 Å². The van der Waals surface area contributed by atoms with Crippen LogP contribution in [-0.2, 0) is 16.0 Å². The normalized spacial score (nSPS) is 14.4. The molecule has 7 heteroatoms. The van der Waals surface area contributed by atoms with E-state index in [2.05, 4.69) is 37.3 Å². The van der Waals surface area contributed by atoms with Crippen LogP contribution in [-0.4, -0.2) is 47.5 Å². The van der Waals surface area contributed by atoms with Gasteiger partial charge in [0.1, 0.15) is 24.1 Å². The lowest BCUT2D eigenvalue weighted by Crippen LogP contribution is -2.36. The van der Waals surface area contributed by atoms with Gasteiger partial charge in [-0.2, -0.15) is 0 Å². The Morgan fingerprint density at radius 1 is 1.14 bits per heavy atom. The highest BCUT2D eigenvalue weighted by atomic mass is 16.5. The number of anilines is 3. The number of hydrogen-bond donors (Lipinski definition) is 2. The molecule has 0 unspecified atom stereocenters. The van der Waals surface area contributed by atoms with Gasteiger partial charge in [-0.1, -0.05) is 24.3 Å². The van der Waals surface area contributed by atoms with E-state index in [9.17, 15) is 4.79 Å². The third-order valence-electron chi connectivity index (χ3n) is 5.28. The van der Waals surface area contributed by atoms with E-state index in [1.807, 2.05) is 30.3 Å². The zero-order valence-electron chi connectivity index (χ0n) is 15.9. The lowest BCUT2D eigenvalue weighted by Gasteiger charge is -2.31. The van der Waals surface area contributed by atoms with E-state index >= 15 is 0 Å². The number of rotatable bonds is 5. The van der Waals surface area contributed by atoms with Gasteiger partial charge in [-0.3, -0.25) is 0 Å². The third-order valence-corrected chi connectivity index (χ3v) is 5.28. The molecule has 0 radical (unpaired) electrons. The summed E-state index contributed by atoms with van der Waals surface area (Å²) in [6, 6.07) is 14.2. The van der Waals surface area contributed by atoms with Crippen molar-refractivity contribution in [3.63, 3.8) is 0 Å². The molecule has 0 spiro atoms. The maximum Gasteiger partial charge on any atom is 0.144 e. The highest BCUT2D eigenvalue weighted by Gasteiger charge is 2.17. The minimum atomic E-state index is 0.379. The van der Waals surface area contributed by atoms with Gasteiger partial charge in [-0.05, 0) is 23.8 Å². The molecule has 5 rings (SSSR count). The number of morpholine rings is 1. The summed E-state index contributed by atoms with van der Waals surface area (Å²) in [5, 5.41) is 5.55. The molecule has 1 saturated heterocycles. The second kappa shape index (κ2) is 7.52. The molecule has 29 heavy (non-hydrogen) atoms. The molecule has 0 bridgehead atoms. The SMILES string of the molecule is O=CCc1ccc(N2CCOCC2)c(Nc2ncnc3[nH]c4ccccc4c23)c1. The van der Waals surface area contributed by atoms with Crippen molar-refractivity contribution in [2.24, 2.45) is 0 Å². The summed E-state index contributed by atoms with van der Waals surface area (Å²) in [7, 11) is 0. The molecule has 2 N–H and O–H groups in total. The Morgan fingerprint density at radius 2 is 2.00 bits per heavy atom. The largest absolute Gasteiger partial charge is 0.378 e. The lowest BCUT2D eigenvalue weighted by atomic mass is 10.1. The summed E-state index contributed by atoms with van der Waals surface area (Å²) in [5.41, 5.74) is 4.78. The fourth-order valence-electron chi connectivity index (χ4n) is 3.88. The van der Waals surface area contributed by atoms with Gasteiger partial charge in [0.25, 0.3) is 0 Å². The fourth-order valence-corrected chi connectivity index (χ4v) is 3.88. The molecule has 2 aromatic carbocycles. The molecular formula is C22H21N5O2. The van der Waals surface area contributed by atoms with Crippen LogP contribution in [0, 0.1) is 0 Å². The van der Waals surface area contributed by atoms with E-state index in [4.69, 9.17) is 4.74 Å². The van der Waals surface area contributed by atoms with Crippen molar-refractivity contribution in [2.75, 3.05) is 36.5 Å². The Morgan fingerprint density at radius 3 is 2.86 bits per heavy atom. The van der Waals surface area contributed by atoms with Gasteiger partial charge in [0, 0.05) is 30.4 Å². The van der Waals surface area contributed by atoms with Crippen molar-refractivity contribution >= 4 is 45.4 Å². The fraction of sp³-hybridized carbons (Fsp3) is 0.227. The van der Waals surface area contributed by atoms with E-state index in [-0.39, 0.29) is 0 Å². The summed E-state index contributed by atoms with van der Waals surface area (Å²) in [4.78, 5) is 25.6. The predicted molar refractivity (Wildman–Crippen MR) is 114 cm³/mol. The standard InChI is InChI=1S/C22H21N5O2/c28-10-7-15-5-6-19(27-8-11-29-12-9-27)18(13-15)26-22-20-16-3-1-2-4-17(16)25-21(20)23-14-24-22/h1-6,10,13-14H,7-9,11-12H2,(H2,23,24,25,26). The minimum Gasteiger partial charge on any atom is -0.378 e. The van der Waals surface area contributed by atoms with E-state index in [0.29, 0.717) is 19.6 Å². The van der Waals surface area contributed by atoms with Crippen LogP contribution in [0.1, 0.15) is 5.56 Å². The molecule has 0 saturated carbocycles. The van der Waals surface area contributed by atoms with Crippen molar-refractivity contribution in [3.05, 3.63) is 54.4 Å². The first kappa shape index (κ1) is 17.6. The number of para-hydroxylation sites is 1. The number of H-pyrrole nitrogens is 1. The monoisotopic (exact) mass is 387 g/mol. The molecule has 0 amide bonds. The zero-order valence-corrected chi connectivity index (χ0v) is 15.9. The molecule has 1 fully saturated rings. The number of aromatic amines is 1. The number of benzene rings is 2. The predicted octanol–water partition coefficient (Wildman–Crippen LogP) is 3.43. The first-order valence-electron chi connectivity index (χ1n) is 9.71. The number of aldehydes is 1. The summed E-state index contributed by atoms with van der Waals surface area (Å²) >= 11 is 0. The molecule has 0 atom stereocenters. The van der Waals surface area contributed by atoms with Gasteiger partial charge < -0.3 is 24.7 Å². The Hall–Kier alpha value is -3.45. The highest BCUT2D eigenvalue weighted by Crippen LogP contribution is 2.34. The van der Waals surface area contributed by atoms with Crippen LogP contribution in [0.5, 0.6) is 0 Å². The number of nitrogens with one attached hydrogen (secondary N) is 2. The molecular weight excluding hydrogens is 366 g/mol. The van der Waals surface area contributed by atoms with Crippen molar-refractivity contribution in [2.45, 2.75) is 6.42 Å². The van der Waals surface area contributed by atoms with Gasteiger partial charge in [0.05, 0.1) is 30.0 Å². The number of fused-ring (bicyclic) bond motifs is 3. The minimum absolute atomic E-state index is 0.379. The first-order valence-corrected chi connectivity index (χ1v) is 9.71. The number of ether oxygens (including phenoxy) is 1. The number of carbonyl (C=O) groups is 1. The van der Waals surface area contributed by atoms with Crippen LogP contribution in [0.15, 0.2) is 48.8 Å². The molecule has 0 aliphatic carbocycles. The summed E-state index contributed by atoms with van der Waals surface area (Å²) in [6.45, 7) is 3.06. The van der Waals surface area contributed by atoms with Gasteiger partial charge >= 0.3 is 0 Å². The van der Waals surface area contributed by atoms with Crippen molar-refractivity contribution in [1.82, 2.24) is 15.0 Å². The molecule has 2 aromatic heterocycles. The summed E-state index contributed by atoms with van der Waals surface area (Å²) in [5.74, 6) is 0.741. The number of hydrogen-bond acceptors (Lipinski definition) is 6. The second-order valence-electron chi connectivity index (χ2n) is 7.06. The summed E-state index contributed by atoms with van der Waals surface area (Å²) < 4.78 is 5.50. The van der Waals surface area contributed by atoms with Crippen molar-refractivity contribution in [1.29, 1.82) is 0 Å². The van der Waals surface area contributed by atoms with Gasteiger partial charge in [-0.25, -0.2) is 9.97 Å². The Bertz CT molecular complexity index is 1180. The maximum absolute atomic E-state index is 11.0.